The lowest BCUT2D eigenvalue weighted by atomic mass is 10.1. The van der Waals surface area contributed by atoms with Gasteiger partial charge in [0.2, 0.25) is 0 Å². The van der Waals surface area contributed by atoms with Crippen molar-refractivity contribution in [1.29, 1.82) is 0 Å². The molecule has 186 valence electrons. The van der Waals surface area contributed by atoms with Crippen molar-refractivity contribution in [3.63, 3.8) is 0 Å². The van der Waals surface area contributed by atoms with Gasteiger partial charge < -0.3 is 10.1 Å². The van der Waals surface area contributed by atoms with Crippen LogP contribution in [-0.2, 0) is 14.8 Å². The van der Waals surface area contributed by atoms with Crippen molar-refractivity contribution in [1.82, 2.24) is 14.3 Å². The zero-order valence-electron chi connectivity index (χ0n) is 20.3. The molecule has 12 heteroatoms. The summed E-state index contributed by atoms with van der Waals surface area (Å²) in [7, 11) is -4.45. The number of rotatable bonds is 4. The summed E-state index contributed by atoms with van der Waals surface area (Å²) in [6, 6.07) is 2.54. The van der Waals surface area contributed by atoms with Crippen molar-refractivity contribution in [3.8, 4) is 0 Å². The maximum Gasteiger partial charge on any atom is 0.424 e. The normalized spacial score (nSPS) is 12.3. The third-order valence-corrected chi connectivity index (χ3v) is 7.15. The Bertz CT molecular complexity index is 1240. The van der Waals surface area contributed by atoms with E-state index in [1.165, 1.54) is 12.3 Å². The van der Waals surface area contributed by atoms with Crippen molar-refractivity contribution in [2.45, 2.75) is 71.6 Å². The van der Waals surface area contributed by atoms with E-state index >= 15 is 0 Å². The Hall–Kier alpha value is -2.43. The Morgan fingerprint density at radius 1 is 1.09 bits per heavy atom. The number of nitrogens with one attached hydrogen (secondary N) is 1. The largest absolute Gasteiger partial charge is 0.443 e. The van der Waals surface area contributed by atoms with Crippen molar-refractivity contribution < 1.29 is 22.7 Å². The van der Waals surface area contributed by atoms with E-state index in [2.05, 4.69) is 15.3 Å². The number of hydrogen-bond donors (Lipinski definition) is 1. The molecule has 0 bridgehead atoms. The van der Waals surface area contributed by atoms with E-state index < -0.39 is 38.2 Å². The van der Waals surface area contributed by atoms with Gasteiger partial charge in [0.15, 0.2) is 5.03 Å². The first kappa shape index (κ1) is 27.8. The molecule has 1 N–H and O–H groups in total. The third kappa shape index (κ3) is 6.17. The Morgan fingerprint density at radius 3 is 2.21 bits per heavy atom. The van der Waals surface area contributed by atoms with Crippen LogP contribution in [0.3, 0.4) is 0 Å². The van der Waals surface area contributed by atoms with Crippen LogP contribution >= 0.6 is 23.2 Å². The van der Waals surface area contributed by atoms with E-state index in [4.69, 9.17) is 27.9 Å². The highest BCUT2D eigenvalue weighted by molar-refractivity contribution is 7.89. The minimum Gasteiger partial charge on any atom is -0.443 e. The number of halogens is 2. The zero-order chi connectivity index (χ0) is 26.2. The predicted octanol–water partition coefficient (Wildman–Crippen LogP) is 5.38. The molecule has 0 radical (unpaired) electrons. The standard InChI is InChI=1S/C22H28Cl2N4O5S/c1-12-16(18(24)26-13(2)17(12)23)19(29)27-14-9-10-25-15(11-14)34(31,32)28(21(3,4)5)20(30)33-22(6,7)8/h9-11H,1-8H3,(H,25,27,29). The highest BCUT2D eigenvalue weighted by atomic mass is 35.5. The molecule has 0 aromatic carbocycles. The smallest absolute Gasteiger partial charge is 0.424 e. The predicted molar refractivity (Wildman–Crippen MR) is 131 cm³/mol. The molecule has 9 nitrogen and oxygen atoms in total. The topological polar surface area (TPSA) is 119 Å². The number of aryl methyl sites for hydroxylation is 1. The van der Waals surface area contributed by atoms with Crippen LogP contribution in [0.4, 0.5) is 10.5 Å². The molecule has 2 aromatic heterocycles. The van der Waals surface area contributed by atoms with Crippen LogP contribution in [0.15, 0.2) is 23.4 Å². The SMILES string of the molecule is Cc1nc(Cl)c(C(=O)Nc2ccnc(S(=O)(=O)N(C(=O)OC(C)(C)C)C(C)(C)C)c2)c(C)c1Cl. The first-order valence-corrected chi connectivity index (χ1v) is 12.4. The molecule has 0 unspecified atom stereocenters. The van der Waals surface area contributed by atoms with Crippen LogP contribution in [0.5, 0.6) is 0 Å². The van der Waals surface area contributed by atoms with E-state index in [0.29, 0.717) is 20.6 Å². The second kappa shape index (κ2) is 9.67. The monoisotopic (exact) mass is 530 g/mol. The molecule has 0 saturated heterocycles. The maximum absolute atomic E-state index is 13.4. The quantitative estimate of drug-likeness (QED) is 0.527. The van der Waals surface area contributed by atoms with Crippen LogP contribution in [0, 0.1) is 13.8 Å². The molecule has 2 aromatic rings. The average molecular weight is 531 g/mol. The second-order valence-electron chi connectivity index (χ2n) is 9.56. The van der Waals surface area contributed by atoms with E-state index in [1.54, 1.807) is 55.4 Å². The summed E-state index contributed by atoms with van der Waals surface area (Å²) in [6.45, 7) is 12.8. The number of aromatic nitrogens is 2. The molecule has 2 amide bonds. The molecule has 0 atom stereocenters. The lowest BCUT2D eigenvalue weighted by molar-refractivity contribution is 0.0281. The summed E-state index contributed by atoms with van der Waals surface area (Å²) in [5.41, 5.74) is -0.992. The molecule has 2 rings (SSSR count). The molecular weight excluding hydrogens is 503 g/mol. The average Bonchev–Trinajstić information content (AvgIpc) is 2.63. The molecule has 2 heterocycles. The van der Waals surface area contributed by atoms with Crippen molar-refractivity contribution >= 4 is 50.9 Å². The number of anilines is 1. The molecule has 0 aliphatic carbocycles. The van der Waals surface area contributed by atoms with Gasteiger partial charge in [0.25, 0.3) is 15.9 Å². The number of sulfonamides is 1. The van der Waals surface area contributed by atoms with Gasteiger partial charge in [-0.2, -0.15) is 12.7 Å². The molecule has 0 saturated carbocycles. The van der Waals surface area contributed by atoms with Gasteiger partial charge in [-0.3, -0.25) is 4.79 Å². The summed E-state index contributed by atoms with van der Waals surface area (Å²) >= 11 is 12.4. The Morgan fingerprint density at radius 2 is 1.68 bits per heavy atom. The highest BCUT2D eigenvalue weighted by Gasteiger charge is 2.41. The second-order valence-corrected chi connectivity index (χ2v) is 12.0. The molecule has 0 fully saturated rings. The molecule has 0 aliphatic rings. The minimum atomic E-state index is -4.45. The number of nitrogens with zero attached hydrogens (tertiary/aromatic N) is 3. The van der Waals surface area contributed by atoms with Crippen LogP contribution in [-0.4, -0.2) is 45.8 Å². The van der Waals surface area contributed by atoms with Crippen molar-refractivity contribution in [2.75, 3.05) is 5.32 Å². The molecule has 0 spiro atoms. The summed E-state index contributed by atoms with van der Waals surface area (Å²) in [4.78, 5) is 33.7. The van der Waals surface area contributed by atoms with Gasteiger partial charge in [0, 0.05) is 18.0 Å². The van der Waals surface area contributed by atoms with Gasteiger partial charge in [-0.15, -0.1) is 0 Å². The molecular formula is C22H28Cl2N4O5S. The summed E-state index contributed by atoms with van der Waals surface area (Å²) in [5, 5.41) is 2.39. The van der Waals surface area contributed by atoms with Gasteiger partial charge in [0.1, 0.15) is 10.8 Å². The fraction of sp³-hybridized carbons (Fsp3) is 0.455. The van der Waals surface area contributed by atoms with Crippen molar-refractivity contribution in [3.05, 3.63) is 45.3 Å². The summed E-state index contributed by atoms with van der Waals surface area (Å²) in [6.07, 6.45) is 0.159. The zero-order valence-corrected chi connectivity index (χ0v) is 22.6. The van der Waals surface area contributed by atoms with Crippen LogP contribution in [0.1, 0.15) is 63.2 Å². The number of pyridine rings is 2. The van der Waals surface area contributed by atoms with E-state index in [1.807, 2.05) is 0 Å². The fourth-order valence-corrected chi connectivity index (χ4v) is 5.11. The molecule has 0 aliphatic heterocycles. The number of hydrogen-bond acceptors (Lipinski definition) is 7. The lowest BCUT2D eigenvalue weighted by Crippen LogP contribution is -2.51. The fourth-order valence-electron chi connectivity index (χ4n) is 3.00. The number of ether oxygens (including phenoxy) is 1. The van der Waals surface area contributed by atoms with Gasteiger partial charge in [-0.05, 0) is 67.0 Å². The maximum atomic E-state index is 13.4. The van der Waals surface area contributed by atoms with Crippen molar-refractivity contribution in [2.24, 2.45) is 0 Å². The van der Waals surface area contributed by atoms with Gasteiger partial charge in [0.05, 0.1) is 21.8 Å². The lowest BCUT2D eigenvalue weighted by Gasteiger charge is -2.35. The van der Waals surface area contributed by atoms with Gasteiger partial charge in [-0.1, -0.05) is 23.2 Å². The highest BCUT2D eigenvalue weighted by Crippen LogP contribution is 2.30. The van der Waals surface area contributed by atoms with Gasteiger partial charge >= 0.3 is 6.09 Å². The van der Waals surface area contributed by atoms with Crippen LogP contribution in [0.25, 0.3) is 0 Å². The number of amides is 2. The summed E-state index contributed by atoms with van der Waals surface area (Å²) in [5.74, 6) is -0.633. The summed E-state index contributed by atoms with van der Waals surface area (Å²) < 4.78 is 32.8. The molecule has 34 heavy (non-hydrogen) atoms. The number of carbonyl (C=O) groups is 2. The Kier molecular flexibility index (Phi) is 7.91. The van der Waals surface area contributed by atoms with E-state index in [9.17, 15) is 18.0 Å². The van der Waals surface area contributed by atoms with Crippen LogP contribution in [0.2, 0.25) is 10.2 Å². The first-order valence-electron chi connectivity index (χ1n) is 10.2. The first-order chi connectivity index (χ1) is 15.4. The number of carbonyl (C=O) groups excluding carboxylic acids is 2. The third-order valence-electron chi connectivity index (χ3n) is 4.39. The van der Waals surface area contributed by atoms with E-state index in [0.717, 1.165) is 6.07 Å². The minimum absolute atomic E-state index is 0.0392. The van der Waals surface area contributed by atoms with Crippen LogP contribution < -0.4 is 5.32 Å². The van der Waals surface area contributed by atoms with E-state index in [-0.39, 0.29) is 16.4 Å². The Labute approximate surface area is 209 Å². The van der Waals surface area contributed by atoms with Gasteiger partial charge in [-0.25, -0.2) is 14.8 Å². The Balaban J connectivity index is 2.47.